The number of nitrogens with zero attached hydrogens (tertiary/aromatic N) is 3. The van der Waals surface area contributed by atoms with Crippen molar-refractivity contribution in [1.82, 2.24) is 20.1 Å². The van der Waals surface area contributed by atoms with Gasteiger partial charge in [0.25, 0.3) is 0 Å². The summed E-state index contributed by atoms with van der Waals surface area (Å²) in [5, 5.41) is 4.96. The van der Waals surface area contributed by atoms with E-state index < -0.39 is 6.04 Å². The fourth-order valence-corrected chi connectivity index (χ4v) is 5.90. The standard InChI is InChI=1S/C26H37N5O2S.ClH/c1-18(2)12-23(25(32)28-14-21-16-34-17-29-21)30-11-10-22(9-8-19-6-4-3-5-7-19)31-15-20(27)13-24(31)26(30)33;/h3-7,16-18,20,22-24H,8-15,27H2,1-2H3,(H,28,32);1H/t20-,22?,23-,24+;/m1./s1. The van der Waals surface area contributed by atoms with Gasteiger partial charge in [0.1, 0.15) is 6.04 Å². The molecule has 2 amide bonds. The van der Waals surface area contributed by atoms with Crippen molar-refractivity contribution in [3.05, 3.63) is 52.5 Å². The molecule has 1 aromatic heterocycles. The number of aromatic nitrogens is 1. The number of hydrogen-bond acceptors (Lipinski definition) is 6. The lowest BCUT2D eigenvalue weighted by Crippen LogP contribution is -2.53. The van der Waals surface area contributed by atoms with Gasteiger partial charge in [-0.25, -0.2) is 4.98 Å². The van der Waals surface area contributed by atoms with Crippen LogP contribution in [-0.2, 0) is 22.6 Å². The maximum absolute atomic E-state index is 13.8. The van der Waals surface area contributed by atoms with Crippen LogP contribution in [0.1, 0.15) is 50.8 Å². The molecular formula is C26H38ClN5O2S. The van der Waals surface area contributed by atoms with E-state index in [4.69, 9.17) is 5.73 Å². The third kappa shape index (κ3) is 7.03. The quantitative estimate of drug-likeness (QED) is 0.530. The number of carbonyl (C=O) groups excluding carboxylic acids is 2. The van der Waals surface area contributed by atoms with Crippen molar-refractivity contribution in [2.75, 3.05) is 13.1 Å². The molecule has 192 valence electrons. The van der Waals surface area contributed by atoms with E-state index in [0.717, 1.165) is 31.5 Å². The summed E-state index contributed by atoms with van der Waals surface area (Å²) in [5.41, 5.74) is 10.3. The number of halogens is 1. The number of hydrogen-bond donors (Lipinski definition) is 2. The van der Waals surface area contributed by atoms with Gasteiger partial charge in [0.15, 0.2) is 0 Å². The van der Waals surface area contributed by atoms with Gasteiger partial charge in [-0.05, 0) is 43.6 Å². The van der Waals surface area contributed by atoms with Crippen LogP contribution in [0.25, 0.3) is 0 Å². The van der Waals surface area contributed by atoms with Gasteiger partial charge in [-0.1, -0.05) is 44.2 Å². The Morgan fingerprint density at radius 2 is 2.06 bits per heavy atom. The molecule has 2 aromatic rings. The van der Waals surface area contributed by atoms with Crippen molar-refractivity contribution in [1.29, 1.82) is 0 Å². The fraction of sp³-hybridized carbons (Fsp3) is 0.577. The largest absolute Gasteiger partial charge is 0.349 e. The monoisotopic (exact) mass is 519 g/mol. The molecule has 0 radical (unpaired) electrons. The van der Waals surface area contributed by atoms with Gasteiger partial charge in [-0.15, -0.1) is 23.7 Å². The highest BCUT2D eigenvalue weighted by Crippen LogP contribution is 2.30. The third-order valence-corrected chi connectivity index (χ3v) is 7.66. The molecule has 1 unspecified atom stereocenters. The Morgan fingerprint density at radius 1 is 1.29 bits per heavy atom. The minimum absolute atomic E-state index is 0. The summed E-state index contributed by atoms with van der Waals surface area (Å²) >= 11 is 1.51. The minimum atomic E-state index is -0.474. The first-order chi connectivity index (χ1) is 16.4. The van der Waals surface area contributed by atoms with Crippen molar-refractivity contribution in [3.63, 3.8) is 0 Å². The molecule has 2 saturated heterocycles. The molecule has 0 spiro atoms. The summed E-state index contributed by atoms with van der Waals surface area (Å²) in [5.74, 6) is 0.262. The lowest BCUT2D eigenvalue weighted by molar-refractivity contribution is -0.143. The van der Waals surface area contributed by atoms with Crippen molar-refractivity contribution in [3.8, 4) is 0 Å². The van der Waals surface area contributed by atoms with Crippen LogP contribution in [0.4, 0.5) is 0 Å². The van der Waals surface area contributed by atoms with Gasteiger partial charge < -0.3 is 16.0 Å². The first-order valence-electron chi connectivity index (χ1n) is 12.4. The highest BCUT2D eigenvalue weighted by Gasteiger charge is 2.45. The van der Waals surface area contributed by atoms with Crippen LogP contribution in [-0.4, -0.2) is 63.9 Å². The van der Waals surface area contributed by atoms with Crippen LogP contribution in [0.3, 0.4) is 0 Å². The smallest absolute Gasteiger partial charge is 0.243 e. The second-order valence-corrected chi connectivity index (χ2v) is 10.8. The maximum atomic E-state index is 13.8. The normalized spacial score (nSPS) is 23.5. The summed E-state index contributed by atoms with van der Waals surface area (Å²) in [6.45, 7) is 5.93. The van der Waals surface area contributed by atoms with E-state index in [2.05, 4.69) is 53.3 Å². The number of benzene rings is 1. The Bertz CT molecular complexity index is 942. The number of nitrogens with one attached hydrogen (secondary N) is 1. The molecule has 9 heteroatoms. The predicted octanol–water partition coefficient (Wildman–Crippen LogP) is 3.23. The summed E-state index contributed by atoms with van der Waals surface area (Å²) in [4.78, 5) is 35.5. The van der Waals surface area contributed by atoms with Crippen molar-refractivity contribution < 1.29 is 9.59 Å². The van der Waals surface area contributed by atoms with Crippen LogP contribution in [0.2, 0.25) is 0 Å². The molecule has 7 nitrogen and oxygen atoms in total. The minimum Gasteiger partial charge on any atom is -0.349 e. The van der Waals surface area contributed by atoms with Crippen LogP contribution in [0.15, 0.2) is 41.2 Å². The predicted molar refractivity (Wildman–Crippen MR) is 142 cm³/mol. The highest BCUT2D eigenvalue weighted by molar-refractivity contribution is 7.07. The van der Waals surface area contributed by atoms with Crippen LogP contribution in [0, 0.1) is 5.92 Å². The number of carbonyl (C=O) groups is 2. The van der Waals surface area contributed by atoms with E-state index >= 15 is 0 Å². The Balaban J connectivity index is 0.00000342. The Labute approximate surface area is 218 Å². The molecule has 4 rings (SSSR count). The summed E-state index contributed by atoms with van der Waals surface area (Å²) in [6.07, 6.45) is 4.12. The van der Waals surface area contributed by atoms with E-state index in [1.807, 2.05) is 16.3 Å². The average molecular weight is 520 g/mol. The second-order valence-electron chi connectivity index (χ2n) is 10.0. The lowest BCUT2D eigenvalue weighted by atomic mass is 9.99. The summed E-state index contributed by atoms with van der Waals surface area (Å²) < 4.78 is 0. The van der Waals surface area contributed by atoms with E-state index in [1.54, 1.807) is 5.51 Å². The number of amides is 2. The molecule has 3 N–H and O–H groups in total. The van der Waals surface area contributed by atoms with Gasteiger partial charge in [0.05, 0.1) is 23.8 Å². The molecule has 0 bridgehead atoms. The van der Waals surface area contributed by atoms with Crippen molar-refractivity contribution in [2.45, 2.75) is 76.7 Å². The summed E-state index contributed by atoms with van der Waals surface area (Å²) in [7, 11) is 0. The van der Waals surface area contributed by atoms with E-state index in [1.165, 1.54) is 16.9 Å². The van der Waals surface area contributed by atoms with Gasteiger partial charge in [0, 0.05) is 30.6 Å². The zero-order valence-corrected chi connectivity index (χ0v) is 22.3. The zero-order valence-electron chi connectivity index (χ0n) is 20.6. The molecule has 4 atom stereocenters. The van der Waals surface area contributed by atoms with Gasteiger partial charge in [0.2, 0.25) is 11.8 Å². The topological polar surface area (TPSA) is 91.6 Å². The van der Waals surface area contributed by atoms with Gasteiger partial charge in [-0.2, -0.15) is 0 Å². The number of fused-ring (bicyclic) bond motifs is 1. The Hall–Kier alpha value is -2.00. The molecular weight excluding hydrogens is 482 g/mol. The molecule has 3 heterocycles. The van der Waals surface area contributed by atoms with Crippen LogP contribution < -0.4 is 11.1 Å². The number of aryl methyl sites for hydroxylation is 1. The van der Waals surface area contributed by atoms with E-state index in [0.29, 0.717) is 31.8 Å². The van der Waals surface area contributed by atoms with Crippen LogP contribution in [0.5, 0.6) is 0 Å². The Morgan fingerprint density at radius 3 is 2.74 bits per heavy atom. The molecule has 1 aromatic carbocycles. The van der Waals surface area contributed by atoms with E-state index in [-0.39, 0.29) is 42.3 Å². The van der Waals surface area contributed by atoms with E-state index in [9.17, 15) is 9.59 Å². The second kappa shape index (κ2) is 12.8. The molecule has 35 heavy (non-hydrogen) atoms. The molecule has 2 aliphatic rings. The first-order valence-corrected chi connectivity index (χ1v) is 13.4. The third-order valence-electron chi connectivity index (χ3n) is 7.02. The lowest BCUT2D eigenvalue weighted by Gasteiger charge is -2.33. The molecule has 0 saturated carbocycles. The average Bonchev–Trinajstić information content (AvgIpc) is 3.46. The number of nitrogens with two attached hydrogens (primary N) is 1. The number of rotatable bonds is 9. The van der Waals surface area contributed by atoms with Gasteiger partial charge >= 0.3 is 0 Å². The summed E-state index contributed by atoms with van der Waals surface area (Å²) in [6, 6.07) is 10.1. The Kier molecular flexibility index (Phi) is 10.1. The first kappa shape index (κ1) is 27.6. The molecule has 2 aliphatic heterocycles. The van der Waals surface area contributed by atoms with Gasteiger partial charge in [-0.3, -0.25) is 14.5 Å². The van der Waals surface area contributed by atoms with Crippen LogP contribution >= 0.6 is 23.7 Å². The maximum Gasteiger partial charge on any atom is 0.243 e. The highest BCUT2D eigenvalue weighted by atomic mass is 35.5. The number of thiazole rings is 1. The zero-order chi connectivity index (χ0) is 24.1. The molecule has 0 aliphatic carbocycles. The van der Waals surface area contributed by atoms with Crippen molar-refractivity contribution in [2.24, 2.45) is 11.7 Å². The van der Waals surface area contributed by atoms with Crippen molar-refractivity contribution >= 4 is 35.6 Å². The molecule has 2 fully saturated rings. The SMILES string of the molecule is CC(C)C[C@H](C(=O)NCc1cscn1)N1CCC(CCc2ccccc2)N2C[C@H](N)C[C@H]2C1=O.Cl. The fourth-order valence-electron chi connectivity index (χ4n) is 5.34.